The van der Waals surface area contributed by atoms with Gasteiger partial charge in [0.05, 0.1) is 30.2 Å². The molecule has 2 aromatic carbocycles. The Kier molecular flexibility index (Phi) is 6.86. The van der Waals surface area contributed by atoms with Gasteiger partial charge in [0.25, 0.3) is 10.0 Å². The molecule has 2 amide bonds. The molecule has 0 saturated carbocycles. The first-order valence-corrected chi connectivity index (χ1v) is 13.9. The maximum absolute atomic E-state index is 15.2. The highest BCUT2D eigenvalue weighted by molar-refractivity contribution is 7.90. The van der Waals surface area contributed by atoms with E-state index in [9.17, 15) is 18.0 Å². The summed E-state index contributed by atoms with van der Waals surface area (Å²) in [7, 11) is -3.82. The van der Waals surface area contributed by atoms with Gasteiger partial charge in [0, 0.05) is 39.6 Å². The summed E-state index contributed by atoms with van der Waals surface area (Å²) in [5.74, 6) is -0.321. The number of anilines is 3. The molecule has 0 unspecified atom stereocenters. The maximum atomic E-state index is 15.2. The minimum Gasteiger partial charge on any atom is -0.442 e. The summed E-state index contributed by atoms with van der Waals surface area (Å²) in [4.78, 5) is 30.6. The fourth-order valence-electron chi connectivity index (χ4n) is 4.92. The number of halogens is 1. The molecule has 13 heteroatoms. The van der Waals surface area contributed by atoms with Crippen molar-refractivity contribution in [2.45, 2.75) is 24.8 Å². The highest BCUT2D eigenvalue weighted by Crippen LogP contribution is 2.33. The van der Waals surface area contributed by atoms with E-state index in [4.69, 9.17) is 4.74 Å². The van der Waals surface area contributed by atoms with Crippen molar-refractivity contribution in [2.75, 3.05) is 60.5 Å². The molecule has 1 N–H and O–H groups in total. The molecule has 0 spiro atoms. The Labute approximate surface area is 220 Å². The number of piperazine rings is 1. The molecule has 202 valence electrons. The molecule has 2 saturated heterocycles. The van der Waals surface area contributed by atoms with E-state index in [-0.39, 0.29) is 23.9 Å². The second-order valence-electron chi connectivity index (χ2n) is 9.24. The molecule has 5 rings (SSSR count). The van der Waals surface area contributed by atoms with E-state index in [0.29, 0.717) is 55.7 Å². The first-order chi connectivity index (χ1) is 18.2. The third kappa shape index (κ3) is 4.85. The van der Waals surface area contributed by atoms with Crippen LogP contribution in [0.15, 0.2) is 51.8 Å². The van der Waals surface area contributed by atoms with E-state index >= 15 is 4.39 Å². The molecule has 1 atom stereocenters. The van der Waals surface area contributed by atoms with Crippen LogP contribution in [0.25, 0.3) is 0 Å². The number of amides is 2. The van der Waals surface area contributed by atoms with Crippen molar-refractivity contribution in [3.05, 3.63) is 48.3 Å². The molecule has 3 aliphatic rings. The van der Waals surface area contributed by atoms with Crippen LogP contribution in [-0.4, -0.2) is 83.2 Å². The predicted molar refractivity (Wildman–Crippen MR) is 141 cm³/mol. The number of carbonyl (C=O) groups excluding carboxylic acids is 2. The minimum absolute atomic E-state index is 0.190. The third-order valence-corrected chi connectivity index (χ3v) is 8.10. The average molecular weight is 545 g/mol. The molecule has 2 aromatic rings. The van der Waals surface area contributed by atoms with Crippen LogP contribution in [0.1, 0.15) is 13.8 Å². The van der Waals surface area contributed by atoms with Crippen LogP contribution in [0.5, 0.6) is 0 Å². The van der Waals surface area contributed by atoms with Crippen molar-refractivity contribution in [3.8, 4) is 0 Å². The van der Waals surface area contributed by atoms with Gasteiger partial charge < -0.3 is 24.8 Å². The standard InChI is InChI=1S/C25H29FN6O5S/c1-3-31-22-6-4-5-7-23(22)38(35,36)28-24(31)30-12-10-29(11-13-30)21-9-8-18(14-20(21)26)32-16-19(37-25(32)34)15-27-17(2)33/h4-9,14,19H,3,10-13,15-16H2,1-2H3,(H,27,33)/t19-/m0/s1. The summed E-state index contributed by atoms with van der Waals surface area (Å²) in [6, 6.07) is 11.4. The molecule has 0 radical (unpaired) electrons. The monoisotopic (exact) mass is 544 g/mol. The van der Waals surface area contributed by atoms with Gasteiger partial charge >= 0.3 is 6.09 Å². The lowest BCUT2D eigenvalue weighted by Gasteiger charge is -2.41. The first-order valence-electron chi connectivity index (χ1n) is 12.4. The van der Waals surface area contributed by atoms with E-state index in [2.05, 4.69) is 9.71 Å². The van der Waals surface area contributed by atoms with Gasteiger partial charge in [-0.2, -0.15) is 8.42 Å². The lowest BCUT2D eigenvalue weighted by molar-refractivity contribution is -0.119. The van der Waals surface area contributed by atoms with E-state index < -0.39 is 28.0 Å². The number of nitrogens with zero attached hydrogens (tertiary/aromatic N) is 5. The van der Waals surface area contributed by atoms with Crippen molar-refractivity contribution in [2.24, 2.45) is 4.40 Å². The zero-order valence-electron chi connectivity index (χ0n) is 21.1. The highest BCUT2D eigenvalue weighted by atomic mass is 32.2. The van der Waals surface area contributed by atoms with Gasteiger partial charge in [-0.15, -0.1) is 4.40 Å². The van der Waals surface area contributed by atoms with Gasteiger partial charge in [-0.3, -0.25) is 9.69 Å². The first kappa shape index (κ1) is 25.8. The van der Waals surface area contributed by atoms with E-state index in [0.717, 1.165) is 0 Å². The molecular formula is C25H29FN6O5S. The van der Waals surface area contributed by atoms with Crippen molar-refractivity contribution >= 4 is 45.0 Å². The van der Waals surface area contributed by atoms with Gasteiger partial charge in [-0.05, 0) is 37.3 Å². The zero-order valence-corrected chi connectivity index (χ0v) is 21.9. The number of guanidine groups is 1. The fraction of sp³-hybridized carbons (Fsp3) is 0.400. The number of hydrogen-bond donors (Lipinski definition) is 1. The fourth-order valence-corrected chi connectivity index (χ4v) is 6.14. The minimum atomic E-state index is -3.82. The predicted octanol–water partition coefficient (Wildman–Crippen LogP) is 1.99. The van der Waals surface area contributed by atoms with Crippen LogP contribution in [0.4, 0.5) is 26.2 Å². The quantitative estimate of drug-likeness (QED) is 0.608. The molecule has 0 aromatic heterocycles. The summed E-state index contributed by atoms with van der Waals surface area (Å²) in [5.41, 5.74) is 1.37. The molecular weight excluding hydrogens is 515 g/mol. The van der Waals surface area contributed by atoms with Crippen molar-refractivity contribution in [1.29, 1.82) is 0 Å². The number of carbonyl (C=O) groups is 2. The van der Waals surface area contributed by atoms with Crippen LogP contribution < -0.4 is 20.0 Å². The summed E-state index contributed by atoms with van der Waals surface area (Å²) in [6.45, 7) is 6.09. The van der Waals surface area contributed by atoms with Gasteiger partial charge in [0.15, 0.2) is 0 Å². The topological polar surface area (TPSA) is 115 Å². The molecule has 2 fully saturated rings. The van der Waals surface area contributed by atoms with Crippen molar-refractivity contribution in [1.82, 2.24) is 10.2 Å². The number of benzene rings is 2. The molecule has 3 heterocycles. The summed E-state index contributed by atoms with van der Waals surface area (Å²) in [5, 5.41) is 2.61. The number of fused-ring (bicyclic) bond motifs is 1. The van der Waals surface area contributed by atoms with Gasteiger partial charge in [0.1, 0.15) is 16.8 Å². The third-order valence-electron chi connectivity index (χ3n) is 6.79. The number of cyclic esters (lactones) is 1. The number of para-hydroxylation sites is 1. The van der Waals surface area contributed by atoms with Crippen LogP contribution >= 0.6 is 0 Å². The molecule has 3 aliphatic heterocycles. The van der Waals surface area contributed by atoms with Gasteiger partial charge in [-0.25, -0.2) is 9.18 Å². The number of nitrogens with one attached hydrogen (secondary N) is 1. The molecule has 38 heavy (non-hydrogen) atoms. The Morgan fingerprint density at radius 3 is 2.50 bits per heavy atom. The Morgan fingerprint density at radius 1 is 1.11 bits per heavy atom. The Balaban J connectivity index is 1.27. The smallest absolute Gasteiger partial charge is 0.414 e. The second-order valence-corrected chi connectivity index (χ2v) is 10.8. The number of rotatable bonds is 5. The maximum Gasteiger partial charge on any atom is 0.414 e. The number of sulfonamides is 1. The van der Waals surface area contributed by atoms with Crippen molar-refractivity contribution < 1.29 is 27.1 Å². The molecule has 11 nitrogen and oxygen atoms in total. The Bertz CT molecular complexity index is 1390. The lowest BCUT2D eigenvalue weighted by Crippen LogP contribution is -2.55. The van der Waals surface area contributed by atoms with Crippen molar-refractivity contribution in [3.63, 3.8) is 0 Å². The van der Waals surface area contributed by atoms with Crippen LogP contribution in [0.3, 0.4) is 0 Å². The van der Waals surface area contributed by atoms with E-state index in [1.165, 1.54) is 17.9 Å². The molecule has 0 bridgehead atoms. The summed E-state index contributed by atoms with van der Waals surface area (Å²) < 4.78 is 50.2. The largest absolute Gasteiger partial charge is 0.442 e. The number of ether oxygens (including phenoxy) is 1. The lowest BCUT2D eigenvalue weighted by atomic mass is 10.2. The highest BCUT2D eigenvalue weighted by Gasteiger charge is 2.35. The van der Waals surface area contributed by atoms with Gasteiger partial charge in [-0.1, -0.05) is 12.1 Å². The second kappa shape index (κ2) is 10.1. The van der Waals surface area contributed by atoms with Crippen LogP contribution in [0.2, 0.25) is 0 Å². The Morgan fingerprint density at radius 2 is 1.82 bits per heavy atom. The normalized spacial score (nSPS) is 20.7. The average Bonchev–Trinajstić information content (AvgIpc) is 3.28. The van der Waals surface area contributed by atoms with E-state index in [1.807, 2.05) is 21.6 Å². The SMILES string of the molecule is CCN1C(N2CCN(c3ccc(N4C[C@H](CNC(C)=O)OC4=O)cc3F)CC2)=NS(=O)(=O)c2ccccc21. The number of hydrogen-bond acceptors (Lipinski definition) is 8. The Hall–Kier alpha value is -3.87. The van der Waals surface area contributed by atoms with Crippen LogP contribution in [-0.2, 0) is 19.6 Å². The molecule has 0 aliphatic carbocycles. The zero-order chi connectivity index (χ0) is 27.0. The summed E-state index contributed by atoms with van der Waals surface area (Å²) in [6.07, 6.45) is -1.10. The van der Waals surface area contributed by atoms with Gasteiger partial charge in [0.2, 0.25) is 11.9 Å². The van der Waals surface area contributed by atoms with E-state index in [1.54, 1.807) is 36.4 Å². The summed E-state index contributed by atoms with van der Waals surface area (Å²) >= 11 is 0. The van der Waals surface area contributed by atoms with Crippen LogP contribution in [0, 0.1) is 5.82 Å².